The van der Waals surface area contributed by atoms with Crippen molar-refractivity contribution in [2.75, 3.05) is 13.2 Å². The molecule has 0 aromatic carbocycles. The zero-order valence-electron chi connectivity index (χ0n) is 5.01. The topological polar surface area (TPSA) is 46.2 Å². The smallest absolute Gasteiger partial charge is 0.0612 e. The lowest BCUT2D eigenvalue weighted by Crippen LogP contribution is -1.96. The molecule has 0 amide bonds. The van der Waals surface area contributed by atoms with E-state index >= 15 is 0 Å². The van der Waals surface area contributed by atoms with Crippen molar-refractivity contribution < 1.29 is 5.11 Å². The normalized spacial score (nSPS) is 10.8. The van der Waals surface area contributed by atoms with E-state index in [2.05, 4.69) is 0 Å². The average molecular weight is 115 g/mol. The van der Waals surface area contributed by atoms with Gasteiger partial charge in [0.2, 0.25) is 0 Å². The number of hydrogen-bond donors (Lipinski definition) is 2. The second-order valence-electron chi connectivity index (χ2n) is 1.58. The van der Waals surface area contributed by atoms with Crippen molar-refractivity contribution in [3.8, 4) is 0 Å². The van der Waals surface area contributed by atoms with E-state index in [9.17, 15) is 0 Å². The Bertz CT molecular complexity index is 61.5. The molecular weight excluding hydrogens is 102 g/mol. The fourth-order valence-electron chi connectivity index (χ4n) is 0.428. The van der Waals surface area contributed by atoms with Crippen LogP contribution in [0.4, 0.5) is 0 Å². The highest BCUT2D eigenvalue weighted by atomic mass is 16.2. The molecule has 0 aliphatic rings. The summed E-state index contributed by atoms with van der Waals surface area (Å²) in [6.45, 7) is 0.875. The van der Waals surface area contributed by atoms with Gasteiger partial charge in [0, 0.05) is 0 Å². The zero-order valence-corrected chi connectivity index (χ0v) is 5.01. The Morgan fingerprint density at radius 2 is 2.12 bits per heavy atom. The molecule has 0 saturated carbocycles. The Hall–Kier alpha value is -0.340. The third-order valence-electron chi connectivity index (χ3n) is 0.847. The van der Waals surface area contributed by atoms with Crippen LogP contribution < -0.4 is 5.73 Å². The minimum atomic E-state index is 0.143. The highest BCUT2D eigenvalue weighted by Gasteiger charge is 1.74. The molecule has 0 atom stereocenters. The molecular formula is C6H13NO. The van der Waals surface area contributed by atoms with Crippen LogP contribution in [0.5, 0.6) is 0 Å². The van der Waals surface area contributed by atoms with Gasteiger partial charge in [0.15, 0.2) is 0 Å². The molecule has 48 valence electrons. The molecule has 0 fully saturated rings. The second kappa shape index (κ2) is 6.66. The first-order chi connectivity index (χ1) is 3.91. The van der Waals surface area contributed by atoms with Crippen molar-refractivity contribution in [2.45, 2.75) is 12.8 Å². The summed E-state index contributed by atoms with van der Waals surface area (Å²) >= 11 is 0. The van der Waals surface area contributed by atoms with E-state index in [1.165, 1.54) is 0 Å². The lowest BCUT2D eigenvalue weighted by molar-refractivity contribution is 0.342. The standard InChI is InChI=1S/C6H13NO/c7-5-3-1-2-4-6-8/h2,4,8H,1,3,5-7H2. The van der Waals surface area contributed by atoms with Crippen molar-refractivity contribution in [1.29, 1.82) is 0 Å². The zero-order chi connectivity index (χ0) is 6.24. The molecule has 2 heteroatoms. The van der Waals surface area contributed by atoms with Gasteiger partial charge in [-0.3, -0.25) is 0 Å². The summed E-state index contributed by atoms with van der Waals surface area (Å²) in [5.74, 6) is 0. The largest absolute Gasteiger partial charge is 0.392 e. The lowest BCUT2D eigenvalue weighted by atomic mass is 10.3. The minimum absolute atomic E-state index is 0.143. The lowest BCUT2D eigenvalue weighted by Gasteiger charge is -1.85. The molecule has 0 spiro atoms. The molecule has 0 saturated heterocycles. The molecule has 0 radical (unpaired) electrons. The van der Waals surface area contributed by atoms with Crippen LogP contribution in [0.15, 0.2) is 12.2 Å². The molecule has 0 heterocycles. The van der Waals surface area contributed by atoms with Gasteiger partial charge in [-0.25, -0.2) is 0 Å². The van der Waals surface area contributed by atoms with Crippen LogP contribution in [0, 0.1) is 0 Å². The Balaban J connectivity index is 2.80. The van der Waals surface area contributed by atoms with Crippen LogP contribution in [0.1, 0.15) is 12.8 Å². The number of aliphatic hydroxyl groups excluding tert-OH is 1. The third kappa shape index (κ3) is 5.66. The van der Waals surface area contributed by atoms with Crippen LogP contribution in [-0.4, -0.2) is 18.3 Å². The van der Waals surface area contributed by atoms with E-state index < -0.39 is 0 Å². The predicted molar refractivity (Wildman–Crippen MR) is 34.5 cm³/mol. The van der Waals surface area contributed by atoms with Crippen molar-refractivity contribution in [1.82, 2.24) is 0 Å². The van der Waals surface area contributed by atoms with E-state index in [-0.39, 0.29) is 6.61 Å². The molecule has 0 rings (SSSR count). The van der Waals surface area contributed by atoms with Gasteiger partial charge >= 0.3 is 0 Å². The molecule has 8 heavy (non-hydrogen) atoms. The average Bonchev–Trinajstić information content (AvgIpc) is 1.81. The van der Waals surface area contributed by atoms with Crippen LogP contribution in [-0.2, 0) is 0 Å². The fraction of sp³-hybridized carbons (Fsp3) is 0.667. The van der Waals surface area contributed by atoms with Gasteiger partial charge in [-0.1, -0.05) is 12.2 Å². The van der Waals surface area contributed by atoms with Gasteiger partial charge in [0.05, 0.1) is 6.61 Å². The van der Waals surface area contributed by atoms with Crippen LogP contribution in [0.3, 0.4) is 0 Å². The van der Waals surface area contributed by atoms with Gasteiger partial charge in [-0.05, 0) is 19.4 Å². The number of aliphatic hydroxyl groups is 1. The number of nitrogens with two attached hydrogens (primary N) is 1. The first-order valence-corrected chi connectivity index (χ1v) is 2.87. The van der Waals surface area contributed by atoms with Gasteiger partial charge in [-0.2, -0.15) is 0 Å². The molecule has 0 bridgehead atoms. The number of allylic oxidation sites excluding steroid dienone is 1. The molecule has 3 N–H and O–H groups in total. The predicted octanol–water partition coefficient (Wildman–Crippen LogP) is 0.274. The van der Waals surface area contributed by atoms with Gasteiger partial charge < -0.3 is 10.8 Å². The molecule has 2 nitrogen and oxygen atoms in total. The number of unbranched alkanes of at least 4 members (excludes halogenated alkanes) is 1. The van der Waals surface area contributed by atoms with Crippen LogP contribution >= 0.6 is 0 Å². The van der Waals surface area contributed by atoms with Crippen molar-refractivity contribution in [3.63, 3.8) is 0 Å². The minimum Gasteiger partial charge on any atom is -0.392 e. The Morgan fingerprint density at radius 1 is 1.38 bits per heavy atom. The highest BCUT2D eigenvalue weighted by Crippen LogP contribution is 1.85. The molecule has 0 aromatic heterocycles. The third-order valence-corrected chi connectivity index (χ3v) is 0.847. The van der Waals surface area contributed by atoms with E-state index in [0.29, 0.717) is 0 Å². The summed E-state index contributed by atoms with van der Waals surface area (Å²) in [6, 6.07) is 0. The molecule has 0 aliphatic carbocycles. The quantitative estimate of drug-likeness (QED) is 0.408. The van der Waals surface area contributed by atoms with Crippen LogP contribution in [0.2, 0.25) is 0 Å². The highest BCUT2D eigenvalue weighted by molar-refractivity contribution is 4.80. The monoisotopic (exact) mass is 115 g/mol. The number of hydrogen-bond acceptors (Lipinski definition) is 2. The molecule has 0 unspecified atom stereocenters. The van der Waals surface area contributed by atoms with E-state index in [1.807, 2.05) is 6.08 Å². The Morgan fingerprint density at radius 3 is 2.62 bits per heavy atom. The molecule has 0 aliphatic heterocycles. The maximum Gasteiger partial charge on any atom is 0.0612 e. The van der Waals surface area contributed by atoms with Crippen molar-refractivity contribution in [3.05, 3.63) is 12.2 Å². The summed E-state index contributed by atoms with van der Waals surface area (Å²) in [6.07, 6.45) is 5.66. The van der Waals surface area contributed by atoms with E-state index in [1.54, 1.807) is 6.08 Å². The summed E-state index contributed by atoms with van der Waals surface area (Å²) in [5.41, 5.74) is 5.21. The van der Waals surface area contributed by atoms with Crippen molar-refractivity contribution in [2.24, 2.45) is 5.73 Å². The summed E-state index contributed by atoms with van der Waals surface area (Å²) < 4.78 is 0. The maximum atomic E-state index is 8.25. The van der Waals surface area contributed by atoms with Gasteiger partial charge in [0.25, 0.3) is 0 Å². The fourth-order valence-corrected chi connectivity index (χ4v) is 0.428. The first-order valence-electron chi connectivity index (χ1n) is 2.87. The van der Waals surface area contributed by atoms with E-state index in [0.717, 1.165) is 19.4 Å². The van der Waals surface area contributed by atoms with Gasteiger partial charge in [0.1, 0.15) is 0 Å². The summed E-state index contributed by atoms with van der Waals surface area (Å²) in [4.78, 5) is 0. The summed E-state index contributed by atoms with van der Waals surface area (Å²) in [5, 5.41) is 8.25. The van der Waals surface area contributed by atoms with Crippen LogP contribution in [0.25, 0.3) is 0 Å². The first kappa shape index (κ1) is 7.66. The van der Waals surface area contributed by atoms with E-state index in [4.69, 9.17) is 10.8 Å². The SMILES string of the molecule is NCCCC=CCO. The Kier molecular flexibility index (Phi) is 6.38. The Labute approximate surface area is 50.0 Å². The summed E-state index contributed by atoms with van der Waals surface area (Å²) in [7, 11) is 0. The van der Waals surface area contributed by atoms with Crippen molar-refractivity contribution >= 4 is 0 Å². The number of rotatable bonds is 4. The second-order valence-corrected chi connectivity index (χ2v) is 1.58. The van der Waals surface area contributed by atoms with Gasteiger partial charge in [-0.15, -0.1) is 0 Å². The molecule has 0 aromatic rings. The maximum absolute atomic E-state index is 8.25.